The zero-order chi connectivity index (χ0) is 26.2. The van der Waals surface area contributed by atoms with Crippen molar-refractivity contribution in [3.05, 3.63) is 44.4 Å². The molecule has 0 aromatic heterocycles. The quantitative estimate of drug-likeness (QED) is 0.337. The molecular formula is C25H27Cl2FO7. The minimum absolute atomic E-state index is 0.0129. The van der Waals surface area contributed by atoms with Crippen LogP contribution in [0.1, 0.15) is 67.3 Å². The topological polar surface area (TPSA) is 91.3 Å². The minimum atomic E-state index is -2.32. The summed E-state index contributed by atoms with van der Waals surface area (Å²) in [6, 6.07) is 3.02. The van der Waals surface area contributed by atoms with Crippen LogP contribution >= 0.6 is 23.2 Å². The zero-order valence-electron chi connectivity index (χ0n) is 20.3. The van der Waals surface area contributed by atoms with Crippen molar-refractivity contribution in [3.63, 3.8) is 0 Å². The number of hydrogen-bond acceptors (Lipinski definition) is 7. The van der Waals surface area contributed by atoms with E-state index in [1.54, 1.807) is 13.0 Å². The van der Waals surface area contributed by atoms with Crippen molar-refractivity contribution >= 4 is 35.1 Å². The van der Waals surface area contributed by atoms with Crippen LogP contribution in [-0.2, 0) is 16.1 Å². The molecule has 0 bridgehead atoms. The lowest BCUT2D eigenvalue weighted by molar-refractivity contribution is -0.145. The summed E-state index contributed by atoms with van der Waals surface area (Å²) < 4.78 is 36.6. The number of rotatable bonds is 6. The summed E-state index contributed by atoms with van der Waals surface area (Å²) in [6.45, 7) is 7.22. The Hall–Kier alpha value is -2.55. The number of carbonyl (C=O) groups excluding carboxylic acids is 2. The highest BCUT2D eigenvalue weighted by Crippen LogP contribution is 2.50. The maximum absolute atomic E-state index is 14.3. The summed E-state index contributed by atoms with van der Waals surface area (Å²) in [6.07, 6.45) is -0.479. The number of aliphatic hydroxyl groups excluding tert-OH is 1. The van der Waals surface area contributed by atoms with Gasteiger partial charge in [0.2, 0.25) is 5.67 Å². The van der Waals surface area contributed by atoms with Gasteiger partial charge in [0.05, 0.1) is 28.8 Å². The monoisotopic (exact) mass is 528 g/mol. The van der Waals surface area contributed by atoms with Gasteiger partial charge in [-0.2, -0.15) is 0 Å². The van der Waals surface area contributed by atoms with Crippen LogP contribution in [-0.4, -0.2) is 29.8 Å². The van der Waals surface area contributed by atoms with Crippen molar-refractivity contribution in [3.8, 4) is 23.0 Å². The van der Waals surface area contributed by atoms with E-state index in [2.05, 4.69) is 0 Å². The molecule has 1 aliphatic rings. The number of carbonyl (C=O) groups is 2. The average Bonchev–Trinajstić information content (AvgIpc) is 2.76. The normalized spacial score (nSPS) is 14.2. The Bertz CT molecular complexity index is 1170. The SMILES string of the molecule is COc1c([C@@H](O)CC(C)C)ccc2c1C(=O)OCc1c(Cl)c(C)c(Cl)c(OC(=O)C(C)(C)F)c1O2. The van der Waals surface area contributed by atoms with Gasteiger partial charge in [-0.3, -0.25) is 0 Å². The second kappa shape index (κ2) is 10.2. The molecule has 0 spiro atoms. The minimum Gasteiger partial charge on any atom is -0.495 e. The van der Waals surface area contributed by atoms with E-state index in [1.165, 1.54) is 13.2 Å². The van der Waals surface area contributed by atoms with Gasteiger partial charge in [0.15, 0.2) is 11.5 Å². The molecule has 1 atom stereocenters. The highest BCUT2D eigenvalue weighted by atomic mass is 35.5. The first-order valence-corrected chi connectivity index (χ1v) is 11.7. The lowest BCUT2D eigenvalue weighted by Gasteiger charge is -2.26. The van der Waals surface area contributed by atoms with Crippen molar-refractivity contribution in [1.82, 2.24) is 0 Å². The molecule has 2 aromatic carbocycles. The first-order chi connectivity index (χ1) is 16.3. The van der Waals surface area contributed by atoms with Crippen molar-refractivity contribution in [2.45, 2.75) is 59.4 Å². The van der Waals surface area contributed by atoms with Gasteiger partial charge < -0.3 is 24.1 Å². The molecule has 0 amide bonds. The molecule has 0 unspecified atom stereocenters. The number of methoxy groups -OCH3 is 1. The average molecular weight is 529 g/mol. The van der Waals surface area contributed by atoms with Crippen LogP contribution in [0.4, 0.5) is 4.39 Å². The van der Waals surface area contributed by atoms with E-state index >= 15 is 0 Å². The molecule has 7 nitrogen and oxygen atoms in total. The maximum Gasteiger partial charge on any atom is 0.348 e. The summed E-state index contributed by atoms with van der Waals surface area (Å²) in [4.78, 5) is 25.4. The Labute approximate surface area is 213 Å². The van der Waals surface area contributed by atoms with E-state index in [0.717, 1.165) is 13.8 Å². The molecule has 10 heteroatoms. The molecule has 3 rings (SSSR count). The second-order valence-corrected chi connectivity index (χ2v) is 9.89. The van der Waals surface area contributed by atoms with Crippen LogP contribution < -0.4 is 14.2 Å². The summed E-state index contributed by atoms with van der Waals surface area (Å²) in [5.41, 5.74) is -1.49. The number of cyclic esters (lactones) is 1. The Balaban J connectivity index is 2.23. The molecule has 1 N–H and O–H groups in total. The number of halogens is 3. The molecule has 0 saturated carbocycles. The smallest absolute Gasteiger partial charge is 0.348 e. The number of hydrogen-bond donors (Lipinski definition) is 1. The van der Waals surface area contributed by atoms with Crippen LogP contribution in [0, 0.1) is 12.8 Å². The Morgan fingerprint density at radius 2 is 1.89 bits per heavy atom. The first-order valence-electron chi connectivity index (χ1n) is 10.9. The predicted molar refractivity (Wildman–Crippen MR) is 129 cm³/mol. The first kappa shape index (κ1) is 27.0. The predicted octanol–water partition coefficient (Wildman–Crippen LogP) is 6.51. The van der Waals surface area contributed by atoms with E-state index < -0.39 is 23.7 Å². The van der Waals surface area contributed by atoms with Gasteiger partial charge >= 0.3 is 11.9 Å². The summed E-state index contributed by atoms with van der Waals surface area (Å²) in [7, 11) is 1.36. The molecule has 1 heterocycles. The maximum atomic E-state index is 14.3. The number of alkyl halides is 1. The Morgan fingerprint density at radius 1 is 1.23 bits per heavy atom. The van der Waals surface area contributed by atoms with Gasteiger partial charge in [0, 0.05) is 5.56 Å². The van der Waals surface area contributed by atoms with Crippen molar-refractivity contribution in [1.29, 1.82) is 0 Å². The van der Waals surface area contributed by atoms with Gasteiger partial charge in [-0.25, -0.2) is 14.0 Å². The molecule has 190 valence electrons. The number of ether oxygens (including phenoxy) is 4. The molecule has 0 aliphatic carbocycles. The second-order valence-electron chi connectivity index (χ2n) is 9.14. The van der Waals surface area contributed by atoms with Crippen molar-refractivity contribution in [2.24, 2.45) is 5.92 Å². The molecule has 0 fully saturated rings. The van der Waals surface area contributed by atoms with Crippen LogP contribution in [0.2, 0.25) is 10.0 Å². The van der Waals surface area contributed by atoms with Gasteiger partial charge in [0.25, 0.3) is 0 Å². The highest BCUT2D eigenvalue weighted by molar-refractivity contribution is 6.38. The van der Waals surface area contributed by atoms with Gasteiger partial charge in [-0.15, -0.1) is 0 Å². The van der Waals surface area contributed by atoms with Gasteiger partial charge in [-0.05, 0) is 50.8 Å². The largest absolute Gasteiger partial charge is 0.495 e. The third-order valence-electron chi connectivity index (χ3n) is 5.45. The molecule has 0 radical (unpaired) electrons. The van der Waals surface area contributed by atoms with E-state index in [-0.39, 0.29) is 56.7 Å². The number of fused-ring (bicyclic) bond motifs is 2. The van der Waals surface area contributed by atoms with Crippen LogP contribution in [0.5, 0.6) is 23.0 Å². The van der Waals surface area contributed by atoms with Crippen molar-refractivity contribution < 1.29 is 38.0 Å². The number of aliphatic hydroxyl groups is 1. The molecular weight excluding hydrogens is 502 g/mol. The number of benzene rings is 2. The van der Waals surface area contributed by atoms with E-state index in [1.807, 2.05) is 13.8 Å². The molecule has 2 aromatic rings. The molecule has 1 aliphatic heterocycles. The third kappa shape index (κ3) is 5.34. The van der Waals surface area contributed by atoms with E-state index in [4.69, 9.17) is 42.1 Å². The fraction of sp³-hybridized carbons (Fsp3) is 0.440. The van der Waals surface area contributed by atoms with E-state index in [0.29, 0.717) is 17.5 Å². The molecule has 35 heavy (non-hydrogen) atoms. The lowest BCUT2D eigenvalue weighted by Crippen LogP contribution is -2.31. The Kier molecular flexibility index (Phi) is 7.89. The van der Waals surface area contributed by atoms with Crippen molar-refractivity contribution in [2.75, 3.05) is 7.11 Å². The Morgan fingerprint density at radius 3 is 2.46 bits per heavy atom. The summed E-state index contributed by atoms with van der Waals surface area (Å²) >= 11 is 12.9. The van der Waals surface area contributed by atoms with Crippen LogP contribution in [0.3, 0.4) is 0 Å². The van der Waals surface area contributed by atoms with E-state index in [9.17, 15) is 19.1 Å². The third-order valence-corrected chi connectivity index (χ3v) is 6.42. The molecule has 0 saturated heterocycles. The van der Waals surface area contributed by atoms with Gasteiger partial charge in [0.1, 0.15) is 23.7 Å². The zero-order valence-corrected chi connectivity index (χ0v) is 21.8. The summed E-state index contributed by atoms with van der Waals surface area (Å²) in [5, 5.41) is 10.8. The standard InChI is InChI=1S/C25H27Cl2FO7/c1-11(2)9-15(29)13-7-8-16-17(20(13)32-6)23(30)33-10-14-18(26)12(3)19(27)22(21(14)34-16)35-24(31)25(4,5)28/h7-8,11,15,29H,9-10H2,1-6H3/t15-/m0/s1. The number of esters is 2. The van der Waals surface area contributed by atoms with Gasteiger partial charge in [-0.1, -0.05) is 37.0 Å². The lowest BCUT2D eigenvalue weighted by atomic mass is 9.96. The summed E-state index contributed by atoms with van der Waals surface area (Å²) in [5.74, 6) is -2.08. The van der Waals surface area contributed by atoms with Crippen LogP contribution in [0.15, 0.2) is 12.1 Å². The van der Waals surface area contributed by atoms with Crippen LogP contribution in [0.25, 0.3) is 0 Å². The fourth-order valence-corrected chi connectivity index (χ4v) is 4.11. The highest BCUT2D eigenvalue weighted by Gasteiger charge is 2.35. The fourth-order valence-electron chi connectivity index (χ4n) is 3.61.